The number of carbonyl (C=O) groups excluding carboxylic acids is 2. The number of rotatable bonds is 6. The van der Waals surface area contributed by atoms with Crippen LogP contribution in [0.1, 0.15) is 24.5 Å². The SMILES string of the molecule is Cc1ccc(S(=O)(=O)N2CC(O)C[C@H]2C(=O)OC(C)C(=O)Nc2cccnc2Cl)cc1C. The van der Waals surface area contributed by atoms with Gasteiger partial charge >= 0.3 is 5.97 Å². The van der Waals surface area contributed by atoms with E-state index in [2.05, 4.69) is 10.3 Å². The Hall–Kier alpha value is -2.53. The number of sulfonamides is 1. The molecule has 0 bridgehead atoms. The number of amides is 1. The summed E-state index contributed by atoms with van der Waals surface area (Å²) >= 11 is 5.91. The molecule has 32 heavy (non-hydrogen) atoms. The largest absolute Gasteiger partial charge is 0.451 e. The number of hydrogen-bond donors (Lipinski definition) is 2. The molecule has 2 heterocycles. The molecule has 1 aromatic carbocycles. The average molecular weight is 482 g/mol. The number of aromatic nitrogens is 1. The number of pyridine rings is 1. The highest BCUT2D eigenvalue weighted by molar-refractivity contribution is 7.89. The maximum Gasteiger partial charge on any atom is 0.325 e. The monoisotopic (exact) mass is 481 g/mol. The number of aryl methyl sites for hydroxylation is 2. The van der Waals surface area contributed by atoms with Crippen molar-refractivity contribution in [2.75, 3.05) is 11.9 Å². The van der Waals surface area contributed by atoms with Crippen molar-refractivity contribution in [3.8, 4) is 0 Å². The number of aliphatic hydroxyl groups excluding tert-OH is 1. The number of ether oxygens (including phenoxy) is 1. The molecule has 0 saturated carbocycles. The van der Waals surface area contributed by atoms with E-state index in [1.54, 1.807) is 19.1 Å². The minimum absolute atomic E-state index is 0.0181. The Morgan fingerprint density at radius 3 is 2.66 bits per heavy atom. The lowest BCUT2D eigenvalue weighted by atomic mass is 10.1. The summed E-state index contributed by atoms with van der Waals surface area (Å²) in [5, 5.41) is 12.7. The summed E-state index contributed by atoms with van der Waals surface area (Å²) < 4.78 is 32.5. The minimum atomic E-state index is -4.07. The highest BCUT2D eigenvalue weighted by atomic mass is 35.5. The van der Waals surface area contributed by atoms with Crippen molar-refractivity contribution in [3.63, 3.8) is 0 Å². The van der Waals surface area contributed by atoms with Gasteiger partial charge in [-0.15, -0.1) is 0 Å². The number of benzene rings is 1. The molecular formula is C21H24ClN3O6S. The first-order valence-corrected chi connectivity index (χ1v) is 11.7. The van der Waals surface area contributed by atoms with E-state index in [0.717, 1.165) is 15.4 Å². The summed E-state index contributed by atoms with van der Waals surface area (Å²) in [6.07, 6.45) is -0.946. The van der Waals surface area contributed by atoms with Crippen LogP contribution in [0.5, 0.6) is 0 Å². The third-order valence-electron chi connectivity index (χ3n) is 5.27. The summed E-state index contributed by atoms with van der Waals surface area (Å²) in [4.78, 5) is 29.0. The molecule has 3 atom stereocenters. The Bertz CT molecular complexity index is 1140. The van der Waals surface area contributed by atoms with Crippen LogP contribution in [0.3, 0.4) is 0 Å². The van der Waals surface area contributed by atoms with Crippen LogP contribution in [0.2, 0.25) is 5.15 Å². The topological polar surface area (TPSA) is 126 Å². The molecule has 0 radical (unpaired) electrons. The normalized spacial score (nSPS) is 20.0. The Morgan fingerprint density at radius 2 is 2.00 bits per heavy atom. The van der Waals surface area contributed by atoms with Crippen LogP contribution in [-0.4, -0.2) is 59.5 Å². The number of nitrogens with zero attached hydrogens (tertiary/aromatic N) is 2. The second kappa shape index (κ2) is 9.53. The molecule has 172 valence electrons. The van der Waals surface area contributed by atoms with Crippen molar-refractivity contribution < 1.29 is 27.9 Å². The first kappa shape index (κ1) is 24.1. The summed E-state index contributed by atoms with van der Waals surface area (Å²) in [5.41, 5.74) is 1.96. The number of halogens is 1. The van der Waals surface area contributed by atoms with Crippen molar-refractivity contribution in [2.45, 2.75) is 50.3 Å². The first-order valence-electron chi connectivity index (χ1n) is 9.89. The molecule has 1 saturated heterocycles. The fourth-order valence-corrected chi connectivity index (χ4v) is 5.17. The number of β-amino-alcohol motifs (C(OH)–C–C–N with tert-alkyl or cyclic N) is 1. The van der Waals surface area contributed by atoms with E-state index in [-0.39, 0.29) is 28.7 Å². The maximum absolute atomic E-state index is 13.2. The van der Waals surface area contributed by atoms with Crippen LogP contribution in [0, 0.1) is 13.8 Å². The molecule has 11 heteroatoms. The van der Waals surface area contributed by atoms with Gasteiger partial charge in [0.05, 0.1) is 16.7 Å². The van der Waals surface area contributed by atoms with Crippen molar-refractivity contribution in [2.24, 2.45) is 0 Å². The number of anilines is 1. The van der Waals surface area contributed by atoms with E-state index < -0.39 is 40.1 Å². The van der Waals surface area contributed by atoms with Gasteiger partial charge in [0.2, 0.25) is 10.0 Å². The van der Waals surface area contributed by atoms with Crippen molar-refractivity contribution in [3.05, 3.63) is 52.8 Å². The van der Waals surface area contributed by atoms with Gasteiger partial charge in [0.1, 0.15) is 6.04 Å². The van der Waals surface area contributed by atoms with Gasteiger partial charge in [-0.2, -0.15) is 4.31 Å². The van der Waals surface area contributed by atoms with Crippen LogP contribution in [0.25, 0.3) is 0 Å². The lowest BCUT2D eigenvalue weighted by Crippen LogP contribution is -2.43. The molecule has 1 fully saturated rings. The van der Waals surface area contributed by atoms with E-state index in [9.17, 15) is 23.1 Å². The van der Waals surface area contributed by atoms with Gasteiger partial charge in [-0.3, -0.25) is 9.59 Å². The number of hydrogen-bond acceptors (Lipinski definition) is 7. The molecule has 1 aromatic heterocycles. The molecule has 2 aromatic rings. The molecule has 1 amide bonds. The second-order valence-corrected chi connectivity index (χ2v) is 9.88. The van der Waals surface area contributed by atoms with Crippen LogP contribution < -0.4 is 5.32 Å². The zero-order valence-electron chi connectivity index (χ0n) is 17.8. The highest BCUT2D eigenvalue weighted by Crippen LogP contribution is 2.28. The van der Waals surface area contributed by atoms with Gasteiger partial charge in [0.15, 0.2) is 11.3 Å². The van der Waals surface area contributed by atoms with Gasteiger partial charge < -0.3 is 15.2 Å². The van der Waals surface area contributed by atoms with Crippen LogP contribution in [0.4, 0.5) is 5.69 Å². The lowest BCUT2D eigenvalue weighted by Gasteiger charge is -2.24. The molecule has 2 N–H and O–H groups in total. The fraction of sp³-hybridized carbons (Fsp3) is 0.381. The third-order valence-corrected chi connectivity index (χ3v) is 7.44. The van der Waals surface area contributed by atoms with Crippen molar-refractivity contribution in [1.82, 2.24) is 9.29 Å². The van der Waals surface area contributed by atoms with E-state index in [4.69, 9.17) is 16.3 Å². The van der Waals surface area contributed by atoms with Crippen LogP contribution in [-0.2, 0) is 24.3 Å². The minimum Gasteiger partial charge on any atom is -0.451 e. The lowest BCUT2D eigenvalue weighted by molar-refractivity contribution is -0.156. The van der Waals surface area contributed by atoms with Gasteiger partial charge in [0, 0.05) is 19.2 Å². The van der Waals surface area contributed by atoms with E-state index in [1.807, 2.05) is 6.92 Å². The Labute approximate surface area is 191 Å². The van der Waals surface area contributed by atoms with Crippen molar-refractivity contribution in [1.29, 1.82) is 0 Å². The van der Waals surface area contributed by atoms with E-state index >= 15 is 0 Å². The quantitative estimate of drug-likeness (QED) is 0.477. The molecule has 0 aliphatic carbocycles. The number of carbonyl (C=O) groups is 2. The summed E-state index contributed by atoms with van der Waals surface area (Å²) in [7, 11) is -4.07. The molecule has 9 nitrogen and oxygen atoms in total. The number of nitrogens with one attached hydrogen (secondary N) is 1. The molecule has 1 aliphatic heterocycles. The number of aliphatic hydroxyl groups is 1. The first-order chi connectivity index (χ1) is 15.0. The predicted octanol–water partition coefficient (Wildman–Crippen LogP) is 2.05. The van der Waals surface area contributed by atoms with Gasteiger partial charge in [-0.25, -0.2) is 13.4 Å². The smallest absolute Gasteiger partial charge is 0.325 e. The Kier molecular flexibility index (Phi) is 7.19. The zero-order valence-corrected chi connectivity index (χ0v) is 19.4. The predicted molar refractivity (Wildman–Crippen MR) is 118 cm³/mol. The maximum atomic E-state index is 13.2. The zero-order chi connectivity index (χ0) is 23.6. The van der Waals surface area contributed by atoms with Crippen LogP contribution >= 0.6 is 11.6 Å². The third kappa shape index (κ3) is 5.09. The Balaban J connectivity index is 1.75. The van der Waals surface area contributed by atoms with Crippen LogP contribution in [0.15, 0.2) is 41.4 Å². The fourth-order valence-electron chi connectivity index (χ4n) is 3.29. The summed E-state index contributed by atoms with van der Waals surface area (Å²) in [6, 6.07) is 6.51. The molecule has 2 unspecified atom stereocenters. The summed E-state index contributed by atoms with van der Waals surface area (Å²) in [5.74, 6) is -1.58. The van der Waals surface area contributed by atoms with Gasteiger partial charge in [-0.05, 0) is 56.2 Å². The molecule has 3 rings (SSSR count). The van der Waals surface area contributed by atoms with Gasteiger partial charge in [-0.1, -0.05) is 17.7 Å². The van der Waals surface area contributed by atoms with Crippen molar-refractivity contribution >= 4 is 39.2 Å². The van der Waals surface area contributed by atoms with E-state index in [0.29, 0.717) is 0 Å². The molecule has 0 spiro atoms. The van der Waals surface area contributed by atoms with Gasteiger partial charge in [0.25, 0.3) is 5.91 Å². The summed E-state index contributed by atoms with van der Waals surface area (Å²) in [6.45, 7) is 4.75. The number of esters is 1. The standard InChI is InChI=1S/C21H24ClN3O6S/c1-12-6-7-16(9-13(12)2)32(29,30)25-11-15(26)10-18(25)21(28)31-14(3)20(27)24-17-5-4-8-23-19(17)22/h4-9,14-15,18,26H,10-11H2,1-3H3,(H,24,27)/t14?,15?,18-/m0/s1. The Morgan fingerprint density at radius 1 is 1.28 bits per heavy atom. The highest BCUT2D eigenvalue weighted by Gasteiger charge is 2.45. The van der Waals surface area contributed by atoms with E-state index in [1.165, 1.54) is 31.3 Å². The molecule has 1 aliphatic rings. The molecular weight excluding hydrogens is 458 g/mol. The average Bonchev–Trinajstić information content (AvgIpc) is 3.14. The second-order valence-electron chi connectivity index (χ2n) is 7.64.